The van der Waals surface area contributed by atoms with E-state index in [-0.39, 0.29) is 0 Å². The first-order valence-electron chi connectivity index (χ1n) is 7.60. The molecule has 4 atom stereocenters. The molecule has 3 aliphatic carbocycles. The van der Waals surface area contributed by atoms with Gasteiger partial charge in [0.15, 0.2) is 0 Å². The molecule has 0 heteroatoms. The first-order valence-corrected chi connectivity index (χ1v) is 7.60. The third-order valence-corrected chi connectivity index (χ3v) is 4.93. The molecule has 0 aromatic rings. The van der Waals surface area contributed by atoms with Gasteiger partial charge in [-0.1, -0.05) is 48.6 Å². The second-order valence-corrected chi connectivity index (χ2v) is 6.01. The van der Waals surface area contributed by atoms with E-state index in [0.29, 0.717) is 0 Å². The molecule has 0 aromatic carbocycles. The Hall–Kier alpha value is -1.04. The Morgan fingerprint density at radius 2 is 1.11 bits per heavy atom. The molecule has 0 saturated carbocycles. The van der Waals surface area contributed by atoms with Crippen LogP contribution in [0, 0.1) is 23.7 Å². The van der Waals surface area contributed by atoms with Gasteiger partial charge in [-0.25, -0.2) is 0 Å². The number of hydrogen-bond acceptors (Lipinski definition) is 0. The molecule has 0 aliphatic heterocycles. The Morgan fingerprint density at radius 3 is 1.50 bits per heavy atom. The highest BCUT2D eigenvalue weighted by atomic mass is 14.4. The lowest BCUT2D eigenvalue weighted by atomic mass is 9.67. The molecule has 0 fully saturated rings. The van der Waals surface area contributed by atoms with Gasteiger partial charge in [0.25, 0.3) is 0 Å². The summed E-state index contributed by atoms with van der Waals surface area (Å²) in [7, 11) is 0. The molecule has 0 heterocycles. The van der Waals surface area contributed by atoms with Crippen LogP contribution in [0.25, 0.3) is 0 Å². The Labute approximate surface area is 111 Å². The Kier molecular flexibility index (Phi) is 3.83. The Bertz CT molecular complexity index is 345. The summed E-state index contributed by atoms with van der Waals surface area (Å²) < 4.78 is 0. The summed E-state index contributed by atoms with van der Waals surface area (Å²) in [4.78, 5) is 0. The third kappa shape index (κ3) is 2.53. The summed E-state index contributed by atoms with van der Waals surface area (Å²) in [6.07, 6.45) is 27.0. The lowest BCUT2D eigenvalue weighted by Crippen LogP contribution is -2.29. The van der Waals surface area contributed by atoms with E-state index >= 15 is 0 Å². The van der Waals surface area contributed by atoms with Crippen molar-refractivity contribution in [1.82, 2.24) is 0 Å². The second-order valence-electron chi connectivity index (χ2n) is 6.01. The SMILES string of the molecule is C1=CC(C2CC=CCC2)C(C2CC=CCC2)C=C1. The lowest BCUT2D eigenvalue weighted by Gasteiger charge is -2.37. The van der Waals surface area contributed by atoms with E-state index < -0.39 is 0 Å². The minimum Gasteiger partial charge on any atom is -0.0885 e. The molecular formula is C18H24. The number of rotatable bonds is 2. The van der Waals surface area contributed by atoms with Crippen molar-refractivity contribution < 1.29 is 0 Å². The van der Waals surface area contributed by atoms with Crippen LogP contribution in [-0.4, -0.2) is 0 Å². The van der Waals surface area contributed by atoms with Crippen LogP contribution < -0.4 is 0 Å². The van der Waals surface area contributed by atoms with Crippen molar-refractivity contribution in [1.29, 1.82) is 0 Å². The number of hydrogen-bond donors (Lipinski definition) is 0. The molecule has 0 saturated heterocycles. The summed E-state index contributed by atoms with van der Waals surface area (Å²) >= 11 is 0. The van der Waals surface area contributed by atoms with Crippen molar-refractivity contribution in [3.05, 3.63) is 48.6 Å². The van der Waals surface area contributed by atoms with Crippen molar-refractivity contribution in [2.75, 3.05) is 0 Å². The predicted octanol–water partition coefficient (Wildman–Crippen LogP) is 5.06. The van der Waals surface area contributed by atoms with Gasteiger partial charge in [0.1, 0.15) is 0 Å². The normalized spacial score (nSPS) is 39.1. The molecule has 0 amide bonds. The van der Waals surface area contributed by atoms with E-state index in [1.54, 1.807) is 0 Å². The van der Waals surface area contributed by atoms with E-state index in [1.165, 1.54) is 38.5 Å². The van der Waals surface area contributed by atoms with Crippen LogP contribution in [-0.2, 0) is 0 Å². The summed E-state index contributed by atoms with van der Waals surface area (Å²) in [5, 5.41) is 0. The molecule has 0 nitrogen and oxygen atoms in total. The standard InChI is InChI=1S/C18H24/c1-3-9-15(10-4-1)17-13-7-8-14-18(17)16-11-5-2-6-12-16/h1-3,5,7-8,13-18H,4,6,9-12H2. The van der Waals surface area contributed by atoms with Crippen LogP contribution >= 0.6 is 0 Å². The van der Waals surface area contributed by atoms with Gasteiger partial charge in [-0.15, -0.1) is 0 Å². The highest BCUT2D eigenvalue weighted by molar-refractivity contribution is 5.18. The minimum atomic E-state index is 0.788. The first-order chi connectivity index (χ1) is 8.95. The molecule has 0 spiro atoms. The molecule has 0 bridgehead atoms. The zero-order valence-corrected chi connectivity index (χ0v) is 11.2. The number of allylic oxidation sites excluding steroid dienone is 8. The maximum Gasteiger partial charge on any atom is -0.0133 e. The van der Waals surface area contributed by atoms with Crippen molar-refractivity contribution in [3.8, 4) is 0 Å². The van der Waals surface area contributed by atoms with E-state index in [1.807, 2.05) is 0 Å². The zero-order chi connectivity index (χ0) is 12.2. The van der Waals surface area contributed by atoms with E-state index in [2.05, 4.69) is 48.6 Å². The Morgan fingerprint density at radius 1 is 0.611 bits per heavy atom. The van der Waals surface area contributed by atoms with Crippen LogP contribution in [0.1, 0.15) is 38.5 Å². The van der Waals surface area contributed by atoms with Crippen molar-refractivity contribution in [3.63, 3.8) is 0 Å². The minimum absolute atomic E-state index is 0.788. The van der Waals surface area contributed by atoms with Crippen LogP contribution in [0.5, 0.6) is 0 Å². The summed E-state index contributed by atoms with van der Waals surface area (Å²) in [6.45, 7) is 0. The maximum absolute atomic E-state index is 2.49. The highest BCUT2D eigenvalue weighted by Gasteiger charge is 2.32. The fourth-order valence-electron chi connectivity index (χ4n) is 3.92. The van der Waals surface area contributed by atoms with Crippen molar-refractivity contribution in [2.45, 2.75) is 38.5 Å². The third-order valence-electron chi connectivity index (χ3n) is 4.93. The van der Waals surface area contributed by atoms with E-state index in [9.17, 15) is 0 Å². The average Bonchev–Trinajstić information content (AvgIpc) is 2.49. The largest absolute Gasteiger partial charge is 0.0885 e. The topological polar surface area (TPSA) is 0 Å². The predicted molar refractivity (Wildman–Crippen MR) is 78.2 cm³/mol. The van der Waals surface area contributed by atoms with Crippen LogP contribution in [0.4, 0.5) is 0 Å². The zero-order valence-electron chi connectivity index (χ0n) is 11.2. The lowest BCUT2D eigenvalue weighted by molar-refractivity contribution is 0.219. The summed E-state index contributed by atoms with van der Waals surface area (Å²) in [5.74, 6) is 3.34. The second kappa shape index (κ2) is 5.73. The van der Waals surface area contributed by atoms with Gasteiger partial charge in [0.2, 0.25) is 0 Å². The van der Waals surface area contributed by atoms with Gasteiger partial charge in [-0.3, -0.25) is 0 Å². The molecule has 0 radical (unpaired) electrons. The van der Waals surface area contributed by atoms with Crippen molar-refractivity contribution >= 4 is 0 Å². The Balaban J connectivity index is 1.74. The molecule has 4 unspecified atom stereocenters. The van der Waals surface area contributed by atoms with Gasteiger partial charge in [-0.2, -0.15) is 0 Å². The van der Waals surface area contributed by atoms with Gasteiger partial charge in [0, 0.05) is 0 Å². The average molecular weight is 240 g/mol. The summed E-state index contributed by atoms with van der Waals surface area (Å²) in [6, 6.07) is 0. The van der Waals surface area contributed by atoms with E-state index in [4.69, 9.17) is 0 Å². The maximum atomic E-state index is 2.49. The van der Waals surface area contributed by atoms with Gasteiger partial charge >= 0.3 is 0 Å². The fraction of sp³-hybridized carbons (Fsp3) is 0.556. The van der Waals surface area contributed by atoms with Gasteiger partial charge in [0.05, 0.1) is 0 Å². The van der Waals surface area contributed by atoms with Crippen LogP contribution in [0.15, 0.2) is 48.6 Å². The molecular weight excluding hydrogens is 216 g/mol. The van der Waals surface area contributed by atoms with Crippen LogP contribution in [0.3, 0.4) is 0 Å². The quantitative estimate of drug-likeness (QED) is 0.592. The molecule has 3 aliphatic rings. The monoisotopic (exact) mass is 240 g/mol. The molecule has 18 heavy (non-hydrogen) atoms. The molecule has 3 rings (SSSR count). The van der Waals surface area contributed by atoms with Gasteiger partial charge in [-0.05, 0) is 62.2 Å². The smallest absolute Gasteiger partial charge is 0.0133 e. The highest BCUT2D eigenvalue weighted by Crippen LogP contribution is 2.41. The molecule has 0 aromatic heterocycles. The molecule has 0 N–H and O–H groups in total. The summed E-state index contributed by atoms with van der Waals surface area (Å²) in [5.41, 5.74) is 0. The van der Waals surface area contributed by atoms with Crippen molar-refractivity contribution in [2.24, 2.45) is 23.7 Å². The molecule has 96 valence electrons. The van der Waals surface area contributed by atoms with Crippen LogP contribution in [0.2, 0.25) is 0 Å². The fourth-order valence-corrected chi connectivity index (χ4v) is 3.92. The van der Waals surface area contributed by atoms with Gasteiger partial charge < -0.3 is 0 Å². The van der Waals surface area contributed by atoms with E-state index in [0.717, 1.165) is 23.7 Å². The first kappa shape index (κ1) is 12.0.